The van der Waals surface area contributed by atoms with Gasteiger partial charge in [-0.3, -0.25) is 4.68 Å². The molecule has 0 amide bonds. The molecule has 0 saturated heterocycles. The van der Waals surface area contributed by atoms with Crippen LogP contribution in [0.5, 0.6) is 0 Å². The van der Waals surface area contributed by atoms with Crippen LogP contribution >= 0.6 is 11.6 Å². The van der Waals surface area contributed by atoms with Crippen LogP contribution in [0.4, 0.5) is 0 Å². The summed E-state index contributed by atoms with van der Waals surface area (Å²) in [5.41, 5.74) is 2.07. The molecule has 0 aliphatic rings. The molecular formula is C12H11ClN2O2. The third-order valence-electron chi connectivity index (χ3n) is 2.67. The van der Waals surface area contributed by atoms with Crippen molar-refractivity contribution < 1.29 is 9.90 Å². The fourth-order valence-corrected chi connectivity index (χ4v) is 1.80. The van der Waals surface area contributed by atoms with E-state index in [-0.39, 0.29) is 5.56 Å². The molecule has 5 heteroatoms. The summed E-state index contributed by atoms with van der Waals surface area (Å²) < 4.78 is 1.56. The fourth-order valence-electron chi connectivity index (χ4n) is 1.67. The van der Waals surface area contributed by atoms with Gasteiger partial charge >= 0.3 is 5.97 Å². The molecule has 0 bridgehead atoms. The second kappa shape index (κ2) is 4.22. The normalized spacial score (nSPS) is 10.5. The summed E-state index contributed by atoms with van der Waals surface area (Å²) in [5.74, 6) is -0.972. The second-order valence-electron chi connectivity index (χ2n) is 3.74. The lowest BCUT2D eigenvalue weighted by molar-refractivity contribution is 0.0697. The smallest absolute Gasteiger partial charge is 0.339 e. The van der Waals surface area contributed by atoms with E-state index >= 15 is 0 Å². The average Bonchev–Trinajstić information content (AvgIpc) is 2.56. The van der Waals surface area contributed by atoms with Crippen LogP contribution in [0.3, 0.4) is 0 Å². The van der Waals surface area contributed by atoms with Crippen molar-refractivity contribution in [3.05, 3.63) is 40.5 Å². The Balaban J connectivity index is 2.63. The first kappa shape index (κ1) is 11.7. The molecule has 0 aliphatic carbocycles. The van der Waals surface area contributed by atoms with Crippen LogP contribution in [0.25, 0.3) is 11.3 Å². The van der Waals surface area contributed by atoms with Gasteiger partial charge < -0.3 is 5.11 Å². The summed E-state index contributed by atoms with van der Waals surface area (Å²) in [5, 5.41) is 14.0. The number of nitrogens with zero attached hydrogens (tertiary/aromatic N) is 2. The number of halogens is 1. The Kier molecular flexibility index (Phi) is 2.90. The highest BCUT2D eigenvalue weighted by molar-refractivity contribution is 6.30. The highest BCUT2D eigenvalue weighted by Crippen LogP contribution is 2.26. The number of aromatic nitrogens is 2. The van der Waals surface area contributed by atoms with Gasteiger partial charge in [-0.2, -0.15) is 5.10 Å². The van der Waals surface area contributed by atoms with E-state index in [9.17, 15) is 9.90 Å². The molecule has 0 unspecified atom stereocenters. The average molecular weight is 251 g/mol. The predicted molar refractivity (Wildman–Crippen MR) is 65.4 cm³/mol. The van der Waals surface area contributed by atoms with E-state index in [4.69, 9.17) is 11.6 Å². The van der Waals surface area contributed by atoms with Gasteiger partial charge in [-0.25, -0.2) is 4.79 Å². The van der Waals surface area contributed by atoms with Crippen LogP contribution < -0.4 is 0 Å². The van der Waals surface area contributed by atoms with Gasteiger partial charge in [0.15, 0.2) is 0 Å². The van der Waals surface area contributed by atoms with Gasteiger partial charge in [0.25, 0.3) is 0 Å². The van der Waals surface area contributed by atoms with Crippen molar-refractivity contribution in [2.45, 2.75) is 6.92 Å². The molecule has 4 nitrogen and oxygen atoms in total. The Labute approximate surface area is 103 Å². The van der Waals surface area contributed by atoms with Crippen LogP contribution in [0.2, 0.25) is 5.02 Å². The Bertz CT molecular complexity index is 573. The van der Waals surface area contributed by atoms with E-state index in [1.807, 2.05) is 0 Å². The number of hydrogen-bond acceptors (Lipinski definition) is 2. The Morgan fingerprint density at radius 3 is 2.47 bits per heavy atom. The number of hydrogen-bond donors (Lipinski definition) is 1. The fraction of sp³-hybridized carbons (Fsp3) is 0.167. The first-order valence-corrected chi connectivity index (χ1v) is 5.41. The zero-order valence-electron chi connectivity index (χ0n) is 9.44. The molecule has 88 valence electrons. The molecular weight excluding hydrogens is 240 g/mol. The summed E-state index contributed by atoms with van der Waals surface area (Å²) in [6.07, 6.45) is 0. The van der Waals surface area contributed by atoms with Gasteiger partial charge in [0.1, 0.15) is 11.3 Å². The molecule has 17 heavy (non-hydrogen) atoms. The molecule has 0 spiro atoms. The minimum Gasteiger partial charge on any atom is -0.478 e. The molecule has 2 rings (SSSR count). The number of carboxylic acids is 1. The van der Waals surface area contributed by atoms with Crippen molar-refractivity contribution in [1.82, 2.24) is 9.78 Å². The summed E-state index contributed by atoms with van der Waals surface area (Å²) in [4.78, 5) is 11.2. The minimum absolute atomic E-state index is 0.231. The molecule has 0 fully saturated rings. The zero-order valence-corrected chi connectivity index (χ0v) is 10.2. The van der Waals surface area contributed by atoms with Crippen LogP contribution in [0.1, 0.15) is 16.1 Å². The SMILES string of the molecule is Cc1c(C(=O)O)c(-c2ccc(Cl)cc2)nn1C. The van der Waals surface area contributed by atoms with Crippen molar-refractivity contribution in [2.75, 3.05) is 0 Å². The Hall–Kier alpha value is -1.81. The monoisotopic (exact) mass is 250 g/mol. The molecule has 1 aromatic heterocycles. The molecule has 1 heterocycles. The minimum atomic E-state index is -0.972. The number of carboxylic acid groups (broad SMARTS) is 1. The Morgan fingerprint density at radius 2 is 1.94 bits per heavy atom. The van der Waals surface area contributed by atoms with Gasteiger partial charge in [0.2, 0.25) is 0 Å². The third kappa shape index (κ3) is 2.03. The molecule has 0 aliphatic heterocycles. The van der Waals surface area contributed by atoms with Crippen molar-refractivity contribution in [3.8, 4) is 11.3 Å². The third-order valence-corrected chi connectivity index (χ3v) is 2.92. The van der Waals surface area contributed by atoms with E-state index in [1.165, 1.54) is 0 Å². The quantitative estimate of drug-likeness (QED) is 0.892. The highest BCUT2D eigenvalue weighted by atomic mass is 35.5. The maximum absolute atomic E-state index is 11.2. The highest BCUT2D eigenvalue weighted by Gasteiger charge is 2.20. The first-order valence-electron chi connectivity index (χ1n) is 5.03. The van der Waals surface area contributed by atoms with Crippen molar-refractivity contribution >= 4 is 17.6 Å². The number of benzene rings is 1. The zero-order chi connectivity index (χ0) is 12.6. The lowest BCUT2D eigenvalue weighted by Gasteiger charge is -1.99. The van der Waals surface area contributed by atoms with Crippen LogP contribution in [0, 0.1) is 6.92 Å². The van der Waals surface area contributed by atoms with E-state index in [2.05, 4.69) is 5.10 Å². The van der Waals surface area contributed by atoms with Crippen LogP contribution in [0.15, 0.2) is 24.3 Å². The molecule has 2 aromatic rings. The summed E-state index contributed by atoms with van der Waals surface area (Å²) in [7, 11) is 1.72. The Morgan fingerprint density at radius 1 is 1.35 bits per heavy atom. The number of aromatic carboxylic acids is 1. The number of carbonyl (C=O) groups is 1. The number of rotatable bonds is 2. The predicted octanol–water partition coefficient (Wildman–Crippen LogP) is 2.75. The van der Waals surface area contributed by atoms with Crippen LogP contribution in [-0.4, -0.2) is 20.9 Å². The van der Waals surface area contributed by atoms with Gasteiger partial charge in [0.05, 0.1) is 5.69 Å². The number of aryl methyl sites for hydroxylation is 1. The largest absolute Gasteiger partial charge is 0.478 e. The summed E-state index contributed by atoms with van der Waals surface area (Å²) in [6, 6.07) is 6.95. The lowest BCUT2D eigenvalue weighted by Crippen LogP contribution is -2.00. The second-order valence-corrected chi connectivity index (χ2v) is 4.18. The van der Waals surface area contributed by atoms with E-state index in [1.54, 1.807) is 42.9 Å². The van der Waals surface area contributed by atoms with E-state index < -0.39 is 5.97 Å². The standard InChI is InChI=1S/C12H11ClN2O2/c1-7-10(12(16)17)11(14-15(7)2)8-3-5-9(13)6-4-8/h3-6H,1-2H3,(H,16,17). The first-order chi connectivity index (χ1) is 8.00. The van der Waals surface area contributed by atoms with Crippen molar-refractivity contribution in [2.24, 2.45) is 7.05 Å². The summed E-state index contributed by atoms with van der Waals surface area (Å²) in [6.45, 7) is 1.73. The van der Waals surface area contributed by atoms with Gasteiger partial charge in [-0.15, -0.1) is 0 Å². The molecule has 1 aromatic carbocycles. The molecule has 0 atom stereocenters. The van der Waals surface area contributed by atoms with Gasteiger partial charge in [0, 0.05) is 17.6 Å². The maximum Gasteiger partial charge on any atom is 0.339 e. The van der Waals surface area contributed by atoms with E-state index in [0.717, 1.165) is 5.56 Å². The van der Waals surface area contributed by atoms with Crippen molar-refractivity contribution in [1.29, 1.82) is 0 Å². The molecule has 1 N–H and O–H groups in total. The van der Waals surface area contributed by atoms with Gasteiger partial charge in [-0.05, 0) is 19.1 Å². The van der Waals surface area contributed by atoms with Crippen LogP contribution in [-0.2, 0) is 7.05 Å². The van der Waals surface area contributed by atoms with Crippen molar-refractivity contribution in [3.63, 3.8) is 0 Å². The van der Waals surface area contributed by atoms with Gasteiger partial charge in [-0.1, -0.05) is 23.7 Å². The molecule has 0 saturated carbocycles. The molecule has 0 radical (unpaired) electrons. The maximum atomic E-state index is 11.2. The van der Waals surface area contributed by atoms with E-state index in [0.29, 0.717) is 16.4 Å². The lowest BCUT2D eigenvalue weighted by atomic mass is 10.1. The topological polar surface area (TPSA) is 55.1 Å². The summed E-state index contributed by atoms with van der Waals surface area (Å²) >= 11 is 5.80.